The average molecular weight is 526 g/mol. The SMILES string of the molecule is Cc1ccc(N(c2ccccc2)c2ccc(/C=C\c3cccc4c3c(C#N)c(C#N)c3c(C)cccc34)cc2)cc1. The van der Waals surface area contributed by atoms with E-state index < -0.39 is 0 Å². The zero-order valence-electron chi connectivity index (χ0n) is 23.0. The van der Waals surface area contributed by atoms with E-state index in [9.17, 15) is 10.5 Å². The highest BCUT2D eigenvalue weighted by Crippen LogP contribution is 2.37. The second-order valence-electron chi connectivity index (χ2n) is 10.2. The molecule has 0 aliphatic rings. The van der Waals surface area contributed by atoms with Crippen LogP contribution in [0.4, 0.5) is 17.1 Å². The number of para-hydroxylation sites is 1. The fraction of sp³-hybridized carbons (Fsp3) is 0.0526. The highest BCUT2D eigenvalue weighted by molar-refractivity contribution is 6.16. The number of hydrogen-bond acceptors (Lipinski definition) is 3. The molecule has 0 atom stereocenters. The van der Waals surface area contributed by atoms with Crippen LogP contribution >= 0.6 is 0 Å². The Kier molecular flexibility index (Phi) is 6.78. The van der Waals surface area contributed by atoms with Crippen LogP contribution in [0.15, 0.2) is 115 Å². The zero-order chi connectivity index (χ0) is 28.3. The van der Waals surface area contributed by atoms with Crippen LogP contribution < -0.4 is 4.90 Å². The molecule has 0 saturated carbocycles. The van der Waals surface area contributed by atoms with Gasteiger partial charge in [-0.1, -0.05) is 96.6 Å². The first-order chi connectivity index (χ1) is 20.1. The highest BCUT2D eigenvalue weighted by atomic mass is 15.1. The lowest BCUT2D eigenvalue weighted by atomic mass is 9.88. The third kappa shape index (κ3) is 4.71. The number of nitrogens with zero attached hydrogens (tertiary/aromatic N) is 3. The minimum absolute atomic E-state index is 0.427. The molecule has 0 amide bonds. The summed E-state index contributed by atoms with van der Waals surface area (Å²) in [6.45, 7) is 4.08. The van der Waals surface area contributed by atoms with Crippen molar-refractivity contribution in [2.45, 2.75) is 13.8 Å². The summed E-state index contributed by atoms with van der Waals surface area (Å²) in [4.78, 5) is 2.24. The van der Waals surface area contributed by atoms with Gasteiger partial charge in [-0.3, -0.25) is 0 Å². The Hall–Kier alpha value is -5.64. The van der Waals surface area contributed by atoms with Gasteiger partial charge in [0, 0.05) is 27.8 Å². The number of hydrogen-bond donors (Lipinski definition) is 0. The number of rotatable bonds is 5. The Labute approximate surface area is 240 Å². The third-order valence-corrected chi connectivity index (χ3v) is 7.55. The smallest absolute Gasteiger partial charge is 0.101 e. The van der Waals surface area contributed by atoms with Crippen LogP contribution in [0.3, 0.4) is 0 Å². The van der Waals surface area contributed by atoms with Crippen molar-refractivity contribution in [1.82, 2.24) is 0 Å². The second-order valence-corrected chi connectivity index (χ2v) is 10.2. The van der Waals surface area contributed by atoms with Gasteiger partial charge in [-0.05, 0) is 77.7 Å². The molecule has 0 aromatic heterocycles. The molecule has 0 fully saturated rings. The van der Waals surface area contributed by atoms with Gasteiger partial charge in [0.25, 0.3) is 0 Å². The molecule has 0 bridgehead atoms. The van der Waals surface area contributed by atoms with Gasteiger partial charge >= 0.3 is 0 Å². The minimum atomic E-state index is 0.427. The quantitative estimate of drug-likeness (QED) is 0.166. The Morgan fingerprint density at radius 2 is 1.10 bits per heavy atom. The lowest BCUT2D eigenvalue weighted by Gasteiger charge is -2.25. The fourth-order valence-electron chi connectivity index (χ4n) is 5.55. The summed E-state index contributed by atoms with van der Waals surface area (Å²) >= 11 is 0. The molecule has 6 aromatic rings. The van der Waals surface area contributed by atoms with Crippen LogP contribution in [-0.4, -0.2) is 0 Å². The number of fused-ring (bicyclic) bond motifs is 3. The molecule has 6 aromatic carbocycles. The summed E-state index contributed by atoms with van der Waals surface area (Å²) in [5, 5.41) is 23.9. The molecule has 0 unspecified atom stereocenters. The number of anilines is 3. The molecule has 0 N–H and O–H groups in total. The van der Waals surface area contributed by atoms with Crippen molar-refractivity contribution in [3.63, 3.8) is 0 Å². The maximum atomic E-state index is 10.2. The largest absolute Gasteiger partial charge is 0.311 e. The van der Waals surface area contributed by atoms with Crippen LogP contribution in [0.5, 0.6) is 0 Å². The van der Waals surface area contributed by atoms with Crippen LogP contribution in [0, 0.1) is 36.5 Å². The first-order valence-electron chi connectivity index (χ1n) is 13.6. The lowest BCUT2D eigenvalue weighted by Crippen LogP contribution is -2.09. The summed E-state index contributed by atoms with van der Waals surface area (Å²) in [6.07, 6.45) is 4.10. The molecule has 0 aliphatic carbocycles. The maximum Gasteiger partial charge on any atom is 0.101 e. The standard InChI is InChI=1S/C38H27N3/c1-26-14-20-31(21-15-26)41(30-10-4-3-5-11-30)32-22-17-28(18-23-32)16-19-29-9-7-13-34-33-12-6-8-27(2)37(33)35(24-39)36(25-40)38(29)34/h3-23H,1-2H3/b19-16-. The molecule has 6 rings (SSSR count). The second kappa shape index (κ2) is 10.9. The van der Waals surface area contributed by atoms with Gasteiger partial charge in [0.15, 0.2) is 0 Å². The van der Waals surface area contributed by atoms with Gasteiger partial charge in [-0.15, -0.1) is 0 Å². The third-order valence-electron chi connectivity index (χ3n) is 7.55. The van der Waals surface area contributed by atoms with E-state index >= 15 is 0 Å². The monoisotopic (exact) mass is 525 g/mol. The predicted molar refractivity (Wildman–Crippen MR) is 170 cm³/mol. The van der Waals surface area contributed by atoms with E-state index in [1.165, 1.54) is 5.56 Å². The topological polar surface area (TPSA) is 50.8 Å². The van der Waals surface area contributed by atoms with Gasteiger partial charge in [0.2, 0.25) is 0 Å². The summed E-state index contributed by atoms with van der Waals surface area (Å²) in [5.74, 6) is 0. The summed E-state index contributed by atoms with van der Waals surface area (Å²) in [6, 6.07) is 44.1. The van der Waals surface area contributed by atoms with E-state index in [0.29, 0.717) is 11.1 Å². The normalized spacial score (nSPS) is 11.0. The predicted octanol–water partition coefficient (Wildman–Crippen LogP) is 9.99. The van der Waals surface area contributed by atoms with Crippen molar-refractivity contribution in [3.8, 4) is 12.1 Å². The average Bonchev–Trinajstić information content (AvgIpc) is 3.01. The fourth-order valence-corrected chi connectivity index (χ4v) is 5.55. The van der Waals surface area contributed by atoms with Crippen molar-refractivity contribution in [1.29, 1.82) is 10.5 Å². The molecule has 3 nitrogen and oxygen atoms in total. The molecule has 0 aliphatic heterocycles. The van der Waals surface area contributed by atoms with Gasteiger partial charge < -0.3 is 4.90 Å². The Balaban J connectivity index is 1.41. The Bertz CT molecular complexity index is 2000. The summed E-state index contributed by atoms with van der Waals surface area (Å²) < 4.78 is 0. The van der Waals surface area contributed by atoms with Crippen molar-refractivity contribution in [3.05, 3.63) is 149 Å². The van der Waals surface area contributed by atoms with E-state index in [2.05, 4.69) is 103 Å². The van der Waals surface area contributed by atoms with Crippen LogP contribution in [0.2, 0.25) is 0 Å². The molecule has 41 heavy (non-hydrogen) atoms. The molecular weight excluding hydrogens is 498 g/mol. The zero-order valence-corrected chi connectivity index (χ0v) is 23.0. The first-order valence-corrected chi connectivity index (χ1v) is 13.6. The van der Waals surface area contributed by atoms with Crippen LogP contribution in [-0.2, 0) is 0 Å². The van der Waals surface area contributed by atoms with Gasteiger partial charge in [0.05, 0.1) is 11.1 Å². The van der Waals surface area contributed by atoms with Crippen molar-refractivity contribution >= 4 is 50.8 Å². The lowest BCUT2D eigenvalue weighted by molar-refractivity contribution is 1.27. The van der Waals surface area contributed by atoms with Crippen LogP contribution in [0.25, 0.3) is 33.7 Å². The van der Waals surface area contributed by atoms with Gasteiger partial charge in [-0.25, -0.2) is 0 Å². The van der Waals surface area contributed by atoms with E-state index in [-0.39, 0.29) is 0 Å². The summed E-state index contributed by atoms with van der Waals surface area (Å²) in [7, 11) is 0. The first kappa shape index (κ1) is 25.6. The molecule has 3 heteroatoms. The molecule has 0 heterocycles. The van der Waals surface area contributed by atoms with Crippen molar-refractivity contribution in [2.24, 2.45) is 0 Å². The number of benzene rings is 6. The molecular formula is C38H27N3. The van der Waals surface area contributed by atoms with Crippen LogP contribution in [0.1, 0.15) is 33.4 Å². The van der Waals surface area contributed by atoms with E-state index in [4.69, 9.17) is 0 Å². The molecule has 0 saturated heterocycles. The Morgan fingerprint density at radius 3 is 1.76 bits per heavy atom. The van der Waals surface area contributed by atoms with E-state index in [1.807, 2.05) is 55.5 Å². The van der Waals surface area contributed by atoms with Crippen molar-refractivity contribution < 1.29 is 0 Å². The maximum absolute atomic E-state index is 10.2. The summed E-state index contributed by atoms with van der Waals surface area (Å²) in [5.41, 5.74) is 8.29. The number of aryl methyl sites for hydroxylation is 2. The van der Waals surface area contributed by atoms with E-state index in [1.54, 1.807) is 0 Å². The van der Waals surface area contributed by atoms with Gasteiger partial charge in [-0.2, -0.15) is 10.5 Å². The van der Waals surface area contributed by atoms with Crippen molar-refractivity contribution in [2.75, 3.05) is 4.90 Å². The molecule has 0 spiro atoms. The molecule has 0 radical (unpaired) electrons. The van der Waals surface area contributed by atoms with E-state index in [0.717, 1.165) is 55.3 Å². The minimum Gasteiger partial charge on any atom is -0.311 e. The highest BCUT2D eigenvalue weighted by Gasteiger charge is 2.17. The molecule has 194 valence electrons. The number of nitriles is 2. The Morgan fingerprint density at radius 1 is 0.537 bits per heavy atom. The van der Waals surface area contributed by atoms with Gasteiger partial charge in [0.1, 0.15) is 12.1 Å².